The van der Waals surface area contributed by atoms with E-state index in [1.807, 2.05) is 6.92 Å². The predicted octanol–water partition coefficient (Wildman–Crippen LogP) is 5.65. The first-order chi connectivity index (χ1) is 13.8. The Bertz CT molecular complexity index is 884. The van der Waals surface area contributed by atoms with Gasteiger partial charge in [-0.25, -0.2) is 9.18 Å². The molecule has 2 N–H and O–H groups in total. The van der Waals surface area contributed by atoms with Crippen LogP contribution < -0.4 is 10.6 Å². The molecule has 0 saturated carbocycles. The SMILES string of the molecule is C[C@@H](C(=O)Nc1cccc(Cl)c1F)C1CCN(C(=O)Nc2ccc(Cl)cc2)CC1. The minimum Gasteiger partial charge on any atom is -0.325 e. The largest absolute Gasteiger partial charge is 0.325 e. The molecule has 1 aliphatic heterocycles. The summed E-state index contributed by atoms with van der Waals surface area (Å²) in [7, 11) is 0. The predicted molar refractivity (Wildman–Crippen MR) is 114 cm³/mol. The number of hydrogen-bond donors (Lipinski definition) is 2. The average Bonchev–Trinajstić information content (AvgIpc) is 2.72. The molecule has 154 valence electrons. The number of carbonyl (C=O) groups is 2. The van der Waals surface area contributed by atoms with E-state index in [1.165, 1.54) is 12.1 Å². The quantitative estimate of drug-likeness (QED) is 0.648. The van der Waals surface area contributed by atoms with E-state index in [4.69, 9.17) is 23.2 Å². The van der Waals surface area contributed by atoms with Crippen molar-refractivity contribution < 1.29 is 14.0 Å². The van der Waals surface area contributed by atoms with Gasteiger partial charge >= 0.3 is 6.03 Å². The molecule has 2 aromatic carbocycles. The van der Waals surface area contributed by atoms with Crippen molar-refractivity contribution in [3.63, 3.8) is 0 Å². The summed E-state index contributed by atoms with van der Waals surface area (Å²) >= 11 is 11.6. The first-order valence-electron chi connectivity index (χ1n) is 9.41. The van der Waals surface area contributed by atoms with Crippen LogP contribution in [0.2, 0.25) is 10.0 Å². The van der Waals surface area contributed by atoms with Gasteiger partial charge in [0, 0.05) is 29.7 Å². The number of likely N-dealkylation sites (tertiary alicyclic amines) is 1. The van der Waals surface area contributed by atoms with E-state index >= 15 is 0 Å². The van der Waals surface area contributed by atoms with Crippen LogP contribution in [0.25, 0.3) is 0 Å². The fourth-order valence-corrected chi connectivity index (χ4v) is 3.70. The highest BCUT2D eigenvalue weighted by atomic mass is 35.5. The number of hydrogen-bond acceptors (Lipinski definition) is 2. The zero-order valence-electron chi connectivity index (χ0n) is 15.9. The molecule has 1 saturated heterocycles. The highest BCUT2D eigenvalue weighted by Gasteiger charge is 2.30. The van der Waals surface area contributed by atoms with Crippen molar-refractivity contribution >= 4 is 46.5 Å². The van der Waals surface area contributed by atoms with Crippen molar-refractivity contribution in [2.24, 2.45) is 11.8 Å². The second-order valence-corrected chi connectivity index (χ2v) is 7.98. The summed E-state index contributed by atoms with van der Waals surface area (Å²) in [6.07, 6.45) is 1.39. The maximum atomic E-state index is 14.0. The maximum Gasteiger partial charge on any atom is 0.321 e. The molecule has 1 aliphatic rings. The zero-order valence-corrected chi connectivity index (χ0v) is 17.4. The summed E-state index contributed by atoms with van der Waals surface area (Å²) < 4.78 is 14.0. The molecular formula is C21H22Cl2FN3O2. The van der Waals surface area contributed by atoms with Crippen LogP contribution in [0.1, 0.15) is 19.8 Å². The lowest BCUT2D eigenvalue weighted by atomic mass is 9.85. The van der Waals surface area contributed by atoms with Crippen LogP contribution in [-0.2, 0) is 4.79 Å². The van der Waals surface area contributed by atoms with Crippen molar-refractivity contribution in [2.45, 2.75) is 19.8 Å². The lowest BCUT2D eigenvalue weighted by molar-refractivity contribution is -0.121. The molecule has 0 radical (unpaired) electrons. The summed E-state index contributed by atoms with van der Waals surface area (Å²) in [5.41, 5.74) is 0.756. The van der Waals surface area contributed by atoms with E-state index in [0.29, 0.717) is 36.6 Å². The first kappa shape index (κ1) is 21.4. The van der Waals surface area contributed by atoms with Crippen molar-refractivity contribution in [2.75, 3.05) is 23.7 Å². The fraction of sp³-hybridized carbons (Fsp3) is 0.333. The molecule has 0 unspecified atom stereocenters. The molecule has 3 rings (SSSR count). The number of rotatable bonds is 4. The number of amides is 3. The molecule has 29 heavy (non-hydrogen) atoms. The Morgan fingerprint density at radius 2 is 1.72 bits per heavy atom. The van der Waals surface area contributed by atoms with Gasteiger partial charge in [0.25, 0.3) is 0 Å². The van der Waals surface area contributed by atoms with Crippen molar-refractivity contribution in [3.8, 4) is 0 Å². The number of nitrogens with zero attached hydrogens (tertiary/aromatic N) is 1. The number of benzene rings is 2. The van der Waals surface area contributed by atoms with Gasteiger partial charge in [0.1, 0.15) is 0 Å². The van der Waals surface area contributed by atoms with Crippen LogP contribution in [0.5, 0.6) is 0 Å². The summed E-state index contributed by atoms with van der Waals surface area (Å²) in [4.78, 5) is 26.7. The number of piperidine rings is 1. The lowest BCUT2D eigenvalue weighted by Crippen LogP contribution is -2.43. The summed E-state index contributed by atoms with van der Waals surface area (Å²) in [5, 5.41) is 6.04. The van der Waals surface area contributed by atoms with Gasteiger partial charge in [0.05, 0.1) is 10.7 Å². The van der Waals surface area contributed by atoms with Gasteiger partial charge in [0.2, 0.25) is 5.91 Å². The van der Waals surface area contributed by atoms with Crippen molar-refractivity contribution in [1.29, 1.82) is 0 Å². The van der Waals surface area contributed by atoms with Gasteiger partial charge in [-0.15, -0.1) is 0 Å². The maximum absolute atomic E-state index is 14.0. The molecule has 0 aromatic heterocycles. The third-order valence-electron chi connectivity index (χ3n) is 5.25. The van der Waals surface area contributed by atoms with E-state index in [0.717, 1.165) is 0 Å². The molecular weight excluding hydrogens is 416 g/mol. The number of halogens is 3. The number of anilines is 2. The van der Waals surface area contributed by atoms with Crippen LogP contribution in [0, 0.1) is 17.7 Å². The van der Waals surface area contributed by atoms with Crippen molar-refractivity contribution in [3.05, 3.63) is 58.3 Å². The molecule has 3 amide bonds. The van der Waals surface area contributed by atoms with Crippen LogP contribution in [0.15, 0.2) is 42.5 Å². The van der Waals surface area contributed by atoms with Gasteiger partial charge in [-0.1, -0.05) is 36.2 Å². The van der Waals surface area contributed by atoms with Gasteiger partial charge in [-0.2, -0.15) is 0 Å². The lowest BCUT2D eigenvalue weighted by Gasteiger charge is -2.34. The van der Waals surface area contributed by atoms with Crippen LogP contribution in [0.4, 0.5) is 20.6 Å². The zero-order chi connectivity index (χ0) is 21.0. The van der Waals surface area contributed by atoms with E-state index in [9.17, 15) is 14.0 Å². The Labute approximate surface area is 179 Å². The minimum absolute atomic E-state index is 0.0320. The van der Waals surface area contributed by atoms with Crippen LogP contribution in [-0.4, -0.2) is 29.9 Å². The second-order valence-electron chi connectivity index (χ2n) is 7.14. The molecule has 1 fully saturated rings. The normalized spacial score (nSPS) is 15.7. The standard InChI is InChI=1S/C21H22Cl2FN3O2/c1-13(20(28)26-18-4-2-3-17(23)19(18)24)14-9-11-27(12-10-14)21(29)25-16-7-5-15(22)6-8-16/h2-8,13-14H,9-12H2,1H3,(H,25,29)(H,26,28)/t13-/m1/s1. The average molecular weight is 438 g/mol. The monoisotopic (exact) mass is 437 g/mol. The molecule has 5 nitrogen and oxygen atoms in total. The minimum atomic E-state index is -0.636. The topological polar surface area (TPSA) is 61.4 Å². The van der Waals surface area contributed by atoms with Crippen LogP contribution in [0.3, 0.4) is 0 Å². The molecule has 0 aliphatic carbocycles. The third-order valence-corrected chi connectivity index (χ3v) is 5.80. The number of carbonyl (C=O) groups excluding carboxylic acids is 2. The summed E-state index contributed by atoms with van der Waals surface area (Å²) in [6.45, 7) is 2.92. The van der Waals surface area contributed by atoms with Crippen LogP contribution >= 0.6 is 23.2 Å². The number of nitrogens with one attached hydrogen (secondary N) is 2. The van der Waals surface area contributed by atoms with E-state index < -0.39 is 5.82 Å². The third kappa shape index (κ3) is 5.40. The summed E-state index contributed by atoms with van der Waals surface area (Å²) in [6, 6.07) is 11.2. The fourth-order valence-electron chi connectivity index (χ4n) is 3.40. The highest BCUT2D eigenvalue weighted by Crippen LogP contribution is 2.28. The Morgan fingerprint density at radius 1 is 1.07 bits per heavy atom. The van der Waals surface area contributed by atoms with Gasteiger partial charge in [0.15, 0.2) is 5.82 Å². The molecule has 0 bridgehead atoms. The Morgan fingerprint density at radius 3 is 2.38 bits per heavy atom. The summed E-state index contributed by atoms with van der Waals surface area (Å²) in [5.74, 6) is -1.09. The molecule has 8 heteroatoms. The smallest absolute Gasteiger partial charge is 0.321 e. The Balaban J connectivity index is 1.51. The van der Waals surface area contributed by atoms with E-state index in [2.05, 4.69) is 10.6 Å². The highest BCUT2D eigenvalue weighted by molar-refractivity contribution is 6.31. The van der Waals surface area contributed by atoms with Gasteiger partial charge < -0.3 is 15.5 Å². The molecule has 0 spiro atoms. The molecule has 1 heterocycles. The molecule has 1 atom stereocenters. The second kappa shape index (κ2) is 9.46. The van der Waals surface area contributed by atoms with E-state index in [1.54, 1.807) is 35.2 Å². The van der Waals surface area contributed by atoms with Crippen molar-refractivity contribution in [1.82, 2.24) is 4.90 Å². The van der Waals surface area contributed by atoms with Gasteiger partial charge in [-0.3, -0.25) is 4.79 Å². The van der Waals surface area contributed by atoms with Gasteiger partial charge in [-0.05, 0) is 55.2 Å². The first-order valence-corrected chi connectivity index (χ1v) is 10.2. The number of urea groups is 1. The van der Waals surface area contributed by atoms with E-state index in [-0.39, 0.29) is 34.5 Å². The molecule has 2 aromatic rings. The Kier molecular flexibility index (Phi) is 6.98. The Hall–Kier alpha value is -2.31.